The minimum atomic E-state index is -3.74. The van der Waals surface area contributed by atoms with Crippen molar-refractivity contribution >= 4 is 54.0 Å². The van der Waals surface area contributed by atoms with Crippen LogP contribution >= 0.6 is 0 Å². The lowest BCUT2D eigenvalue weighted by Crippen LogP contribution is -2.15. The Kier molecular flexibility index (Phi) is 6.82. The zero-order valence-corrected chi connectivity index (χ0v) is 23.3. The Balaban J connectivity index is 0.000000161. The molecule has 0 atom stereocenters. The van der Waals surface area contributed by atoms with Crippen molar-refractivity contribution in [1.82, 2.24) is 17.9 Å². The van der Waals surface area contributed by atoms with Crippen LogP contribution in [0.4, 0.5) is 11.9 Å². The number of imidazole rings is 2. The Labute approximate surface area is 231 Å². The average Bonchev–Trinajstić information content (AvgIpc) is 3.45. The largest absolute Gasteiger partial charge is 0.368 e. The summed E-state index contributed by atoms with van der Waals surface area (Å²) in [5, 5.41) is 0. The zero-order valence-electron chi connectivity index (χ0n) is 21.6. The molecule has 4 aromatic carbocycles. The second kappa shape index (κ2) is 10.1. The Morgan fingerprint density at radius 3 is 1.20 bits per heavy atom. The molecule has 0 spiro atoms. The summed E-state index contributed by atoms with van der Waals surface area (Å²) in [4.78, 5) is 8.55. The molecule has 0 fully saturated rings. The summed E-state index contributed by atoms with van der Waals surface area (Å²) in [5.74, 6) is -0.0708. The second-order valence-electron chi connectivity index (χ2n) is 9.08. The SMILES string of the molecule is Cc1ccc(S(=O)(=O)n2c(N)nc3ccccc32)cc1.Cc1ccc(S(=O)(=O)n2c(N)nc3ccccc32)cc1. The van der Waals surface area contributed by atoms with E-state index < -0.39 is 20.0 Å². The van der Waals surface area contributed by atoms with E-state index in [1.54, 1.807) is 97.1 Å². The van der Waals surface area contributed by atoms with Gasteiger partial charge in [0.15, 0.2) is 0 Å². The molecule has 0 saturated carbocycles. The van der Waals surface area contributed by atoms with Crippen molar-refractivity contribution in [3.8, 4) is 0 Å². The van der Waals surface area contributed by atoms with Crippen molar-refractivity contribution < 1.29 is 16.8 Å². The van der Waals surface area contributed by atoms with Crippen LogP contribution in [-0.2, 0) is 20.0 Å². The summed E-state index contributed by atoms with van der Waals surface area (Å²) in [7, 11) is -7.48. The molecule has 0 radical (unpaired) electrons. The smallest absolute Gasteiger partial charge is 0.271 e. The van der Waals surface area contributed by atoms with E-state index in [1.165, 1.54) is 0 Å². The van der Waals surface area contributed by atoms with Crippen LogP contribution in [0.1, 0.15) is 11.1 Å². The number of aromatic nitrogens is 4. The number of benzene rings is 4. The van der Waals surface area contributed by atoms with Crippen LogP contribution in [-0.4, -0.2) is 34.7 Å². The van der Waals surface area contributed by atoms with Crippen molar-refractivity contribution in [3.63, 3.8) is 0 Å². The molecule has 0 amide bonds. The van der Waals surface area contributed by atoms with Gasteiger partial charge in [0.05, 0.1) is 31.9 Å². The predicted molar refractivity (Wildman–Crippen MR) is 156 cm³/mol. The third-order valence-corrected chi connectivity index (χ3v) is 9.67. The Hall–Kier alpha value is -4.68. The summed E-state index contributed by atoms with van der Waals surface area (Å²) >= 11 is 0. The van der Waals surface area contributed by atoms with Gasteiger partial charge in [0.25, 0.3) is 20.0 Å². The first-order valence-electron chi connectivity index (χ1n) is 12.1. The normalized spacial score (nSPS) is 11.8. The Bertz CT molecular complexity index is 1910. The number of hydrogen-bond donors (Lipinski definition) is 2. The molecule has 0 aliphatic carbocycles. The van der Waals surface area contributed by atoms with Gasteiger partial charge in [-0.2, -0.15) is 0 Å². The number of para-hydroxylation sites is 4. The molecule has 0 aliphatic heterocycles. The highest BCUT2D eigenvalue weighted by Crippen LogP contribution is 2.25. The third kappa shape index (κ3) is 4.78. The lowest BCUT2D eigenvalue weighted by Gasteiger charge is -2.08. The topological polar surface area (TPSA) is 156 Å². The molecule has 6 rings (SSSR count). The molecule has 204 valence electrons. The van der Waals surface area contributed by atoms with Gasteiger partial charge in [-0.05, 0) is 62.4 Å². The highest BCUT2D eigenvalue weighted by Gasteiger charge is 2.24. The van der Waals surface area contributed by atoms with Gasteiger partial charge in [-0.1, -0.05) is 59.7 Å². The number of nitrogen functional groups attached to an aromatic ring is 2. The van der Waals surface area contributed by atoms with Gasteiger partial charge in [0.1, 0.15) is 0 Å². The van der Waals surface area contributed by atoms with E-state index >= 15 is 0 Å². The molecule has 6 aromatic rings. The van der Waals surface area contributed by atoms with E-state index in [1.807, 2.05) is 13.8 Å². The maximum absolute atomic E-state index is 12.7. The van der Waals surface area contributed by atoms with Gasteiger partial charge in [-0.25, -0.2) is 34.7 Å². The Morgan fingerprint density at radius 1 is 0.525 bits per heavy atom. The molecule has 40 heavy (non-hydrogen) atoms. The Morgan fingerprint density at radius 2 is 0.850 bits per heavy atom. The number of nitrogens with two attached hydrogens (primary N) is 2. The summed E-state index contributed by atoms with van der Waals surface area (Å²) in [6.45, 7) is 3.80. The van der Waals surface area contributed by atoms with E-state index in [0.29, 0.717) is 22.1 Å². The minimum Gasteiger partial charge on any atom is -0.368 e. The van der Waals surface area contributed by atoms with Crippen molar-refractivity contribution in [2.75, 3.05) is 11.5 Å². The van der Waals surface area contributed by atoms with Gasteiger partial charge in [0, 0.05) is 0 Å². The lowest BCUT2D eigenvalue weighted by molar-refractivity contribution is 0.587. The average molecular weight is 575 g/mol. The van der Waals surface area contributed by atoms with Crippen LogP contribution < -0.4 is 11.5 Å². The van der Waals surface area contributed by atoms with Crippen LogP contribution in [0.15, 0.2) is 107 Å². The van der Waals surface area contributed by atoms with Crippen molar-refractivity contribution in [2.24, 2.45) is 0 Å². The number of fused-ring (bicyclic) bond motifs is 2. The summed E-state index contributed by atoms with van der Waals surface area (Å²) in [6, 6.07) is 27.2. The zero-order chi connectivity index (χ0) is 28.7. The first-order chi connectivity index (χ1) is 19.0. The fraction of sp³-hybridized carbons (Fsp3) is 0.0714. The fourth-order valence-corrected chi connectivity index (χ4v) is 6.96. The molecule has 0 aliphatic rings. The van der Waals surface area contributed by atoms with Crippen LogP contribution in [0.25, 0.3) is 22.1 Å². The maximum Gasteiger partial charge on any atom is 0.271 e. The van der Waals surface area contributed by atoms with E-state index in [9.17, 15) is 16.8 Å². The van der Waals surface area contributed by atoms with Gasteiger partial charge < -0.3 is 11.5 Å². The van der Waals surface area contributed by atoms with Crippen LogP contribution in [0, 0.1) is 13.8 Å². The van der Waals surface area contributed by atoms with Gasteiger partial charge >= 0.3 is 0 Å². The number of nitrogens with zero attached hydrogens (tertiary/aromatic N) is 4. The summed E-state index contributed by atoms with van der Waals surface area (Å²) < 4.78 is 52.9. The lowest BCUT2D eigenvalue weighted by atomic mass is 10.2. The van der Waals surface area contributed by atoms with Gasteiger partial charge in [-0.15, -0.1) is 0 Å². The van der Waals surface area contributed by atoms with E-state index in [2.05, 4.69) is 9.97 Å². The number of aryl methyl sites for hydroxylation is 2. The predicted octanol–water partition coefficient (Wildman–Crippen LogP) is 4.33. The fourth-order valence-electron chi connectivity index (χ4n) is 4.18. The molecule has 0 saturated heterocycles. The molecule has 4 N–H and O–H groups in total. The maximum atomic E-state index is 12.7. The second-order valence-corrected chi connectivity index (χ2v) is 12.7. The van der Waals surface area contributed by atoms with Crippen molar-refractivity contribution in [1.29, 1.82) is 0 Å². The molecule has 0 unspecified atom stereocenters. The first kappa shape index (κ1) is 26.9. The standard InChI is InChI=1S/2C14H13N3O2S/c2*1-10-6-8-11(9-7-10)20(18,19)17-13-5-3-2-4-12(13)16-14(17)15/h2*2-9H,1H3,(H2,15,16). The van der Waals surface area contributed by atoms with Crippen molar-refractivity contribution in [2.45, 2.75) is 23.6 Å². The minimum absolute atomic E-state index is 0.0354. The van der Waals surface area contributed by atoms with E-state index in [0.717, 1.165) is 19.1 Å². The molecule has 10 nitrogen and oxygen atoms in total. The molecular weight excluding hydrogens is 548 g/mol. The summed E-state index contributed by atoms with van der Waals surface area (Å²) in [6.07, 6.45) is 0. The first-order valence-corrected chi connectivity index (χ1v) is 15.0. The quantitative estimate of drug-likeness (QED) is 0.315. The molecule has 2 heterocycles. The number of hydrogen-bond acceptors (Lipinski definition) is 8. The van der Waals surface area contributed by atoms with E-state index in [-0.39, 0.29) is 21.7 Å². The van der Waals surface area contributed by atoms with Gasteiger partial charge in [-0.3, -0.25) is 0 Å². The van der Waals surface area contributed by atoms with Crippen LogP contribution in [0.5, 0.6) is 0 Å². The number of rotatable bonds is 4. The monoisotopic (exact) mass is 574 g/mol. The van der Waals surface area contributed by atoms with Crippen LogP contribution in [0.2, 0.25) is 0 Å². The molecule has 0 bridgehead atoms. The molecule has 12 heteroatoms. The van der Waals surface area contributed by atoms with Crippen LogP contribution in [0.3, 0.4) is 0 Å². The highest BCUT2D eigenvalue weighted by atomic mass is 32.2. The number of anilines is 2. The molecular formula is C28H26N6O4S2. The molecule has 2 aromatic heterocycles. The summed E-state index contributed by atoms with van der Waals surface area (Å²) in [5.41, 5.74) is 15.6. The highest BCUT2D eigenvalue weighted by molar-refractivity contribution is 7.90. The van der Waals surface area contributed by atoms with E-state index in [4.69, 9.17) is 11.5 Å². The third-order valence-electron chi connectivity index (χ3n) is 6.21. The van der Waals surface area contributed by atoms with Crippen molar-refractivity contribution in [3.05, 3.63) is 108 Å². The van der Waals surface area contributed by atoms with Gasteiger partial charge in [0.2, 0.25) is 11.9 Å².